The summed E-state index contributed by atoms with van der Waals surface area (Å²) in [7, 11) is 0. The molecule has 1 N–H and O–H groups in total. The zero-order chi connectivity index (χ0) is 18.2. The molecule has 1 unspecified atom stereocenters. The number of amides is 1. The molecule has 27 heavy (non-hydrogen) atoms. The summed E-state index contributed by atoms with van der Waals surface area (Å²) in [5.41, 5.74) is 0.858. The number of piperazine rings is 1. The first-order valence-electron chi connectivity index (χ1n) is 9.91. The van der Waals surface area contributed by atoms with Crippen LogP contribution in [0.1, 0.15) is 12.2 Å². The third kappa shape index (κ3) is 3.22. The highest BCUT2D eigenvalue weighted by atomic mass is 16.3. The number of rotatable bonds is 3. The monoisotopic (exact) mass is 363 g/mol. The Kier molecular flexibility index (Phi) is 4.34. The van der Waals surface area contributed by atoms with Gasteiger partial charge in [0.1, 0.15) is 11.3 Å². The molecule has 1 amide bonds. The zero-order valence-electron chi connectivity index (χ0n) is 15.5. The maximum absolute atomic E-state index is 12.8. The minimum absolute atomic E-state index is 0.177. The van der Waals surface area contributed by atoms with Crippen molar-refractivity contribution in [2.75, 3.05) is 39.3 Å². The van der Waals surface area contributed by atoms with E-state index in [1.807, 2.05) is 29.2 Å². The summed E-state index contributed by atoms with van der Waals surface area (Å²) in [6, 6.07) is 14.9. The number of hydrogen-bond acceptors (Lipinski definition) is 4. The summed E-state index contributed by atoms with van der Waals surface area (Å²) in [4.78, 5) is 17.4. The SMILES string of the molecule is O=C(Cc1cc2c(ccc3ccccc32)o1)N1CCC(N2CCNCC2)C1. The van der Waals surface area contributed by atoms with Crippen LogP contribution in [0.3, 0.4) is 0 Å². The molecule has 0 aliphatic carbocycles. The fraction of sp³-hybridized carbons (Fsp3) is 0.409. The first-order valence-corrected chi connectivity index (χ1v) is 9.91. The molecule has 0 saturated carbocycles. The van der Waals surface area contributed by atoms with Crippen LogP contribution in [0.25, 0.3) is 21.7 Å². The first-order chi connectivity index (χ1) is 13.3. The molecule has 2 fully saturated rings. The van der Waals surface area contributed by atoms with Crippen LogP contribution in [-0.2, 0) is 11.2 Å². The van der Waals surface area contributed by atoms with Crippen molar-refractivity contribution in [2.24, 2.45) is 0 Å². The number of likely N-dealkylation sites (tertiary alicyclic amines) is 1. The Morgan fingerprint density at radius 3 is 2.81 bits per heavy atom. The molecular weight excluding hydrogens is 338 g/mol. The van der Waals surface area contributed by atoms with Gasteiger partial charge in [0, 0.05) is 50.7 Å². The molecule has 0 spiro atoms. The van der Waals surface area contributed by atoms with Gasteiger partial charge in [0.15, 0.2) is 0 Å². The van der Waals surface area contributed by atoms with Crippen LogP contribution in [0.2, 0.25) is 0 Å². The summed E-state index contributed by atoms with van der Waals surface area (Å²) < 4.78 is 5.98. The number of benzene rings is 2. The van der Waals surface area contributed by atoms with Crippen molar-refractivity contribution in [3.8, 4) is 0 Å². The van der Waals surface area contributed by atoms with E-state index in [1.54, 1.807) is 0 Å². The second kappa shape index (κ2) is 6.98. The molecule has 1 atom stereocenters. The Morgan fingerprint density at radius 2 is 1.93 bits per heavy atom. The van der Waals surface area contributed by atoms with Gasteiger partial charge in [-0.25, -0.2) is 0 Å². The Balaban J connectivity index is 1.30. The minimum Gasteiger partial charge on any atom is -0.461 e. The first kappa shape index (κ1) is 16.8. The number of nitrogens with one attached hydrogen (secondary N) is 1. The molecule has 2 aliphatic rings. The Bertz CT molecular complexity index is 974. The average molecular weight is 363 g/mol. The third-order valence-electron chi connectivity index (χ3n) is 5.99. The van der Waals surface area contributed by atoms with Gasteiger partial charge in [-0.1, -0.05) is 30.3 Å². The predicted molar refractivity (Wildman–Crippen MR) is 107 cm³/mol. The molecule has 0 radical (unpaired) electrons. The highest BCUT2D eigenvalue weighted by molar-refractivity contribution is 6.06. The lowest BCUT2D eigenvalue weighted by Crippen LogP contribution is -2.49. The van der Waals surface area contributed by atoms with E-state index < -0.39 is 0 Å². The highest BCUT2D eigenvalue weighted by Crippen LogP contribution is 2.28. The summed E-state index contributed by atoms with van der Waals surface area (Å²) >= 11 is 0. The van der Waals surface area contributed by atoms with E-state index >= 15 is 0 Å². The summed E-state index contributed by atoms with van der Waals surface area (Å²) in [5.74, 6) is 0.938. The average Bonchev–Trinajstić information content (AvgIpc) is 3.36. The van der Waals surface area contributed by atoms with E-state index in [9.17, 15) is 4.79 Å². The smallest absolute Gasteiger partial charge is 0.230 e. The van der Waals surface area contributed by atoms with Crippen molar-refractivity contribution in [3.63, 3.8) is 0 Å². The van der Waals surface area contributed by atoms with Gasteiger partial charge in [-0.3, -0.25) is 9.69 Å². The second-order valence-corrected chi connectivity index (χ2v) is 7.66. The maximum atomic E-state index is 12.8. The molecule has 2 aliphatic heterocycles. The number of hydrogen-bond donors (Lipinski definition) is 1. The molecule has 5 rings (SSSR count). The topological polar surface area (TPSA) is 48.7 Å². The number of carbonyl (C=O) groups is 1. The van der Waals surface area contributed by atoms with E-state index in [1.165, 1.54) is 10.8 Å². The molecule has 2 aromatic carbocycles. The summed E-state index contributed by atoms with van der Waals surface area (Å²) in [6.45, 7) is 5.99. The predicted octanol–water partition coefficient (Wildman–Crippen LogP) is 2.63. The second-order valence-electron chi connectivity index (χ2n) is 7.66. The summed E-state index contributed by atoms with van der Waals surface area (Å²) in [5, 5.41) is 6.86. The van der Waals surface area contributed by atoms with Crippen LogP contribution < -0.4 is 5.32 Å². The van der Waals surface area contributed by atoms with Crippen molar-refractivity contribution < 1.29 is 9.21 Å². The Labute approximate surface area is 158 Å². The van der Waals surface area contributed by atoms with E-state index in [0.29, 0.717) is 12.5 Å². The van der Waals surface area contributed by atoms with Crippen molar-refractivity contribution in [2.45, 2.75) is 18.9 Å². The quantitative estimate of drug-likeness (QED) is 0.777. The molecule has 3 aromatic rings. The van der Waals surface area contributed by atoms with Gasteiger partial charge in [-0.2, -0.15) is 0 Å². The van der Waals surface area contributed by atoms with Crippen molar-refractivity contribution in [3.05, 3.63) is 48.2 Å². The van der Waals surface area contributed by atoms with Gasteiger partial charge < -0.3 is 14.6 Å². The summed E-state index contributed by atoms with van der Waals surface area (Å²) in [6.07, 6.45) is 1.42. The third-order valence-corrected chi connectivity index (χ3v) is 5.99. The lowest BCUT2D eigenvalue weighted by molar-refractivity contribution is -0.129. The van der Waals surface area contributed by atoms with E-state index in [2.05, 4.69) is 28.4 Å². The van der Waals surface area contributed by atoms with Crippen molar-refractivity contribution >= 4 is 27.6 Å². The molecule has 5 nitrogen and oxygen atoms in total. The minimum atomic E-state index is 0.177. The van der Waals surface area contributed by atoms with Gasteiger partial charge in [0.05, 0.1) is 6.42 Å². The standard InChI is InChI=1S/C22H25N3O2/c26-22(25-10-7-17(15-25)24-11-8-23-9-12-24)14-18-13-20-19-4-2-1-3-16(19)5-6-21(20)27-18/h1-6,13,17,23H,7-12,14-15H2. The van der Waals surface area contributed by atoms with Gasteiger partial charge in [0.25, 0.3) is 0 Å². The van der Waals surface area contributed by atoms with E-state index in [-0.39, 0.29) is 5.91 Å². The largest absolute Gasteiger partial charge is 0.461 e. The molecule has 1 aromatic heterocycles. The lowest BCUT2D eigenvalue weighted by atomic mass is 10.1. The normalized spacial score (nSPS) is 21.3. The van der Waals surface area contributed by atoms with E-state index in [0.717, 1.165) is 62.4 Å². The van der Waals surface area contributed by atoms with Crippen LogP contribution in [0.15, 0.2) is 46.9 Å². The Morgan fingerprint density at radius 1 is 1.07 bits per heavy atom. The number of nitrogens with zero attached hydrogens (tertiary/aromatic N) is 2. The molecule has 3 heterocycles. The molecular formula is C22H25N3O2. The number of carbonyl (C=O) groups excluding carboxylic acids is 1. The van der Waals surface area contributed by atoms with Crippen LogP contribution in [0, 0.1) is 0 Å². The highest BCUT2D eigenvalue weighted by Gasteiger charge is 2.31. The number of furan rings is 1. The van der Waals surface area contributed by atoms with Gasteiger partial charge in [0.2, 0.25) is 5.91 Å². The van der Waals surface area contributed by atoms with Crippen LogP contribution in [-0.4, -0.2) is 61.0 Å². The van der Waals surface area contributed by atoms with Crippen LogP contribution in [0.4, 0.5) is 0 Å². The fourth-order valence-corrected chi connectivity index (χ4v) is 4.51. The van der Waals surface area contributed by atoms with Gasteiger partial charge >= 0.3 is 0 Å². The van der Waals surface area contributed by atoms with Crippen molar-refractivity contribution in [1.29, 1.82) is 0 Å². The lowest BCUT2D eigenvalue weighted by Gasteiger charge is -2.32. The van der Waals surface area contributed by atoms with Gasteiger partial charge in [-0.05, 0) is 29.3 Å². The molecule has 0 bridgehead atoms. The maximum Gasteiger partial charge on any atom is 0.230 e. The van der Waals surface area contributed by atoms with E-state index in [4.69, 9.17) is 4.42 Å². The molecule has 2 saturated heterocycles. The van der Waals surface area contributed by atoms with Crippen molar-refractivity contribution in [1.82, 2.24) is 15.1 Å². The van der Waals surface area contributed by atoms with Gasteiger partial charge in [-0.15, -0.1) is 0 Å². The fourth-order valence-electron chi connectivity index (χ4n) is 4.51. The van der Waals surface area contributed by atoms with Crippen LogP contribution in [0.5, 0.6) is 0 Å². The number of fused-ring (bicyclic) bond motifs is 3. The molecule has 5 heteroatoms. The zero-order valence-corrected chi connectivity index (χ0v) is 15.5. The molecule has 140 valence electrons. The van der Waals surface area contributed by atoms with Crippen LogP contribution >= 0.6 is 0 Å². The Hall–Kier alpha value is -2.37.